The second-order valence-corrected chi connectivity index (χ2v) is 6.09. The van der Waals surface area contributed by atoms with Gasteiger partial charge in [0.2, 0.25) is 0 Å². The summed E-state index contributed by atoms with van der Waals surface area (Å²) in [4.78, 5) is 0. The molecule has 0 fully saturated rings. The van der Waals surface area contributed by atoms with Crippen molar-refractivity contribution in [3.8, 4) is 0 Å². The van der Waals surface area contributed by atoms with Crippen molar-refractivity contribution >= 4 is 11.8 Å². The number of hydrogen-bond donors (Lipinski definition) is 1. The Bertz CT molecular complexity index is 117. The maximum absolute atomic E-state index is 5.74. The fourth-order valence-corrected chi connectivity index (χ4v) is 2.26. The molecular weight excluding hydrogens is 166 g/mol. The minimum atomic E-state index is 0.336. The van der Waals surface area contributed by atoms with Crippen molar-refractivity contribution in [1.82, 2.24) is 0 Å². The van der Waals surface area contributed by atoms with Crippen molar-refractivity contribution in [2.45, 2.75) is 51.5 Å². The monoisotopic (exact) mass is 189 g/mol. The molecule has 0 aromatic rings. The van der Waals surface area contributed by atoms with Gasteiger partial charge in [0.1, 0.15) is 0 Å². The highest BCUT2D eigenvalue weighted by atomic mass is 32.2. The van der Waals surface area contributed by atoms with Gasteiger partial charge >= 0.3 is 0 Å². The van der Waals surface area contributed by atoms with Gasteiger partial charge in [0, 0.05) is 17.0 Å². The highest BCUT2D eigenvalue weighted by molar-refractivity contribution is 8.00. The number of thioether (sulfide) groups is 1. The van der Waals surface area contributed by atoms with Gasteiger partial charge in [0.05, 0.1) is 0 Å². The molecule has 0 rings (SSSR count). The summed E-state index contributed by atoms with van der Waals surface area (Å²) >= 11 is 2.03. The SMILES string of the molecule is CCC(C)SC(CN)C(C)(C)C. The van der Waals surface area contributed by atoms with Crippen molar-refractivity contribution in [2.75, 3.05) is 6.54 Å². The normalized spacial score (nSPS) is 17.5. The van der Waals surface area contributed by atoms with Crippen LogP contribution >= 0.6 is 11.8 Å². The van der Waals surface area contributed by atoms with Gasteiger partial charge in [-0.2, -0.15) is 11.8 Å². The molecule has 0 heterocycles. The molecule has 0 radical (unpaired) electrons. The van der Waals surface area contributed by atoms with Gasteiger partial charge in [0.15, 0.2) is 0 Å². The molecule has 0 aliphatic carbocycles. The zero-order valence-electron chi connectivity index (χ0n) is 9.05. The number of hydrogen-bond acceptors (Lipinski definition) is 2. The minimum Gasteiger partial charge on any atom is -0.329 e. The first-order valence-corrected chi connectivity index (χ1v) is 5.71. The van der Waals surface area contributed by atoms with E-state index in [1.54, 1.807) is 0 Å². The Kier molecular flexibility index (Phi) is 5.26. The van der Waals surface area contributed by atoms with Crippen LogP contribution in [0, 0.1) is 5.41 Å². The highest BCUT2D eigenvalue weighted by Gasteiger charge is 2.24. The summed E-state index contributed by atoms with van der Waals surface area (Å²) in [5, 5.41) is 1.32. The van der Waals surface area contributed by atoms with Gasteiger partial charge in [0.25, 0.3) is 0 Å². The molecule has 0 aliphatic heterocycles. The molecule has 2 unspecified atom stereocenters. The Hall–Kier alpha value is 0.310. The van der Waals surface area contributed by atoms with Crippen LogP contribution in [0.15, 0.2) is 0 Å². The summed E-state index contributed by atoms with van der Waals surface area (Å²) in [5.41, 5.74) is 6.08. The molecule has 74 valence electrons. The molecule has 0 aromatic carbocycles. The quantitative estimate of drug-likeness (QED) is 0.736. The summed E-state index contributed by atoms with van der Waals surface area (Å²) < 4.78 is 0. The van der Waals surface area contributed by atoms with Crippen LogP contribution in [-0.4, -0.2) is 17.0 Å². The summed E-state index contributed by atoms with van der Waals surface area (Å²) in [6.07, 6.45) is 1.23. The van der Waals surface area contributed by atoms with Gasteiger partial charge in [-0.25, -0.2) is 0 Å². The number of nitrogens with two attached hydrogens (primary N) is 1. The third kappa shape index (κ3) is 4.36. The van der Waals surface area contributed by atoms with Gasteiger partial charge in [-0.05, 0) is 11.8 Å². The molecule has 2 heteroatoms. The zero-order chi connectivity index (χ0) is 9.78. The minimum absolute atomic E-state index is 0.336. The third-order valence-corrected chi connectivity index (χ3v) is 4.18. The summed E-state index contributed by atoms with van der Waals surface area (Å²) in [6, 6.07) is 0. The molecule has 0 aliphatic rings. The molecule has 2 N–H and O–H groups in total. The Labute approximate surface area is 81.5 Å². The van der Waals surface area contributed by atoms with E-state index >= 15 is 0 Å². The Morgan fingerprint density at radius 3 is 2.08 bits per heavy atom. The fourth-order valence-electron chi connectivity index (χ4n) is 0.990. The average Bonchev–Trinajstić information content (AvgIpc) is 1.97. The lowest BCUT2D eigenvalue weighted by atomic mass is 9.92. The summed E-state index contributed by atoms with van der Waals surface area (Å²) in [5.74, 6) is 0. The standard InChI is InChI=1S/C10H23NS/c1-6-8(2)12-9(7-11)10(3,4)5/h8-9H,6-7,11H2,1-5H3. The van der Waals surface area contributed by atoms with Crippen LogP contribution in [0.25, 0.3) is 0 Å². The lowest BCUT2D eigenvalue weighted by molar-refractivity contribution is 0.397. The van der Waals surface area contributed by atoms with Crippen LogP contribution in [0.4, 0.5) is 0 Å². The van der Waals surface area contributed by atoms with Crippen LogP contribution in [0.5, 0.6) is 0 Å². The second kappa shape index (κ2) is 5.13. The van der Waals surface area contributed by atoms with E-state index in [-0.39, 0.29) is 0 Å². The topological polar surface area (TPSA) is 26.0 Å². The van der Waals surface area contributed by atoms with E-state index in [1.165, 1.54) is 6.42 Å². The summed E-state index contributed by atoms with van der Waals surface area (Å²) in [7, 11) is 0. The lowest BCUT2D eigenvalue weighted by Gasteiger charge is -2.31. The van der Waals surface area contributed by atoms with E-state index in [0.717, 1.165) is 11.8 Å². The molecule has 12 heavy (non-hydrogen) atoms. The predicted octanol–water partition coefficient (Wildman–Crippen LogP) is 2.89. The average molecular weight is 189 g/mol. The Balaban J connectivity index is 4.00. The van der Waals surface area contributed by atoms with Crippen LogP contribution < -0.4 is 5.73 Å². The largest absolute Gasteiger partial charge is 0.329 e. The highest BCUT2D eigenvalue weighted by Crippen LogP contribution is 2.32. The van der Waals surface area contributed by atoms with Gasteiger partial charge in [-0.1, -0.05) is 34.6 Å². The molecule has 1 nitrogen and oxygen atoms in total. The van der Waals surface area contributed by atoms with Gasteiger partial charge in [-0.15, -0.1) is 0 Å². The fraction of sp³-hybridized carbons (Fsp3) is 1.00. The first kappa shape index (κ1) is 12.3. The van der Waals surface area contributed by atoms with E-state index < -0.39 is 0 Å². The van der Waals surface area contributed by atoms with Crippen molar-refractivity contribution in [2.24, 2.45) is 11.1 Å². The van der Waals surface area contributed by atoms with Crippen molar-refractivity contribution < 1.29 is 0 Å². The third-order valence-electron chi connectivity index (χ3n) is 2.15. The second-order valence-electron chi connectivity index (χ2n) is 4.45. The molecule has 0 saturated heterocycles. The molecule has 0 amide bonds. The van der Waals surface area contributed by atoms with E-state index in [0.29, 0.717) is 10.7 Å². The van der Waals surface area contributed by atoms with E-state index in [9.17, 15) is 0 Å². The van der Waals surface area contributed by atoms with E-state index in [4.69, 9.17) is 5.73 Å². The molecule has 0 bridgehead atoms. The van der Waals surface area contributed by atoms with Crippen LogP contribution in [0.3, 0.4) is 0 Å². The predicted molar refractivity (Wildman–Crippen MR) is 59.6 cm³/mol. The zero-order valence-corrected chi connectivity index (χ0v) is 9.87. The molecule has 0 aromatic heterocycles. The molecule has 0 saturated carbocycles. The molecular formula is C10H23NS. The van der Waals surface area contributed by atoms with E-state index in [1.807, 2.05) is 11.8 Å². The Morgan fingerprint density at radius 2 is 1.83 bits per heavy atom. The lowest BCUT2D eigenvalue weighted by Crippen LogP contribution is -2.32. The molecule has 0 spiro atoms. The van der Waals surface area contributed by atoms with Crippen LogP contribution in [0.1, 0.15) is 41.0 Å². The first-order chi connectivity index (χ1) is 5.41. The van der Waals surface area contributed by atoms with Crippen molar-refractivity contribution in [3.63, 3.8) is 0 Å². The maximum atomic E-state index is 5.74. The van der Waals surface area contributed by atoms with Crippen molar-refractivity contribution in [3.05, 3.63) is 0 Å². The van der Waals surface area contributed by atoms with E-state index in [2.05, 4.69) is 34.6 Å². The molecule has 2 atom stereocenters. The Morgan fingerprint density at radius 1 is 1.33 bits per heavy atom. The van der Waals surface area contributed by atoms with Gasteiger partial charge in [-0.3, -0.25) is 0 Å². The maximum Gasteiger partial charge on any atom is 0.0221 e. The first-order valence-electron chi connectivity index (χ1n) is 4.77. The summed E-state index contributed by atoms with van der Waals surface area (Å²) in [6.45, 7) is 12.1. The van der Waals surface area contributed by atoms with Crippen molar-refractivity contribution in [1.29, 1.82) is 0 Å². The smallest absolute Gasteiger partial charge is 0.0221 e. The van der Waals surface area contributed by atoms with Crippen LogP contribution in [-0.2, 0) is 0 Å². The van der Waals surface area contributed by atoms with Crippen LogP contribution in [0.2, 0.25) is 0 Å². The van der Waals surface area contributed by atoms with Gasteiger partial charge < -0.3 is 5.73 Å². The number of rotatable bonds is 4.